The molecule has 0 N–H and O–H groups in total. The van der Waals surface area contributed by atoms with Crippen molar-refractivity contribution in [2.45, 2.75) is 66.5 Å². The molecule has 2 aromatic rings. The predicted molar refractivity (Wildman–Crippen MR) is 132 cm³/mol. The highest BCUT2D eigenvalue weighted by atomic mass is 15.1. The van der Waals surface area contributed by atoms with Crippen LogP contribution < -0.4 is 0 Å². The third-order valence-corrected chi connectivity index (χ3v) is 5.65. The summed E-state index contributed by atoms with van der Waals surface area (Å²) in [7, 11) is 0. The Labute approximate surface area is 186 Å². The van der Waals surface area contributed by atoms with Crippen LogP contribution in [0.1, 0.15) is 64.5 Å². The van der Waals surface area contributed by atoms with Crippen LogP contribution in [0.25, 0.3) is 0 Å². The van der Waals surface area contributed by atoms with E-state index in [1.54, 1.807) is 0 Å². The van der Waals surface area contributed by atoms with Crippen molar-refractivity contribution in [3.63, 3.8) is 0 Å². The number of benzene rings is 2. The van der Waals surface area contributed by atoms with Gasteiger partial charge in [0.1, 0.15) is 0 Å². The van der Waals surface area contributed by atoms with Crippen LogP contribution in [-0.2, 0) is 13.1 Å². The van der Waals surface area contributed by atoms with Gasteiger partial charge in [-0.05, 0) is 55.3 Å². The molecule has 0 aliphatic rings. The van der Waals surface area contributed by atoms with Gasteiger partial charge in [0.05, 0.1) is 0 Å². The average molecular weight is 409 g/mol. The number of nitrogens with zero attached hydrogens (tertiary/aromatic N) is 2. The summed E-state index contributed by atoms with van der Waals surface area (Å²) in [5, 5.41) is 0. The topological polar surface area (TPSA) is 6.48 Å². The summed E-state index contributed by atoms with van der Waals surface area (Å²) in [6.07, 6.45) is 5.19. The summed E-state index contributed by atoms with van der Waals surface area (Å²) in [6, 6.07) is 21.8. The van der Waals surface area contributed by atoms with E-state index in [1.165, 1.54) is 63.0 Å². The maximum Gasteiger partial charge on any atom is 0.0233 e. The van der Waals surface area contributed by atoms with Gasteiger partial charge in [0.15, 0.2) is 0 Å². The smallest absolute Gasteiger partial charge is 0.0233 e. The molecular formula is C28H44N2. The normalized spacial score (nSPS) is 12.8. The van der Waals surface area contributed by atoms with Gasteiger partial charge in [0, 0.05) is 26.2 Å². The van der Waals surface area contributed by atoms with Gasteiger partial charge in [-0.15, -0.1) is 0 Å². The van der Waals surface area contributed by atoms with Gasteiger partial charge < -0.3 is 0 Å². The van der Waals surface area contributed by atoms with Crippen LogP contribution in [0.3, 0.4) is 0 Å². The monoisotopic (exact) mass is 408 g/mol. The molecule has 0 fully saturated rings. The van der Waals surface area contributed by atoms with Crippen molar-refractivity contribution < 1.29 is 0 Å². The summed E-state index contributed by atoms with van der Waals surface area (Å²) in [6.45, 7) is 16.3. The van der Waals surface area contributed by atoms with Crippen LogP contribution in [0.5, 0.6) is 0 Å². The molecule has 2 aromatic carbocycles. The largest absolute Gasteiger partial charge is 0.299 e. The van der Waals surface area contributed by atoms with Crippen molar-refractivity contribution in [1.82, 2.24) is 9.80 Å². The standard InChI is InChI=1S/C28H44N2/c1-5-19-29(23-27-15-8-6-9-16-27)20-13-12-14-26(4)22-30(21-25(2)3)24-28-17-10-7-11-18-28/h6-11,15-18,25-26H,5,12-14,19-24H2,1-4H3. The van der Waals surface area contributed by atoms with Gasteiger partial charge in [-0.25, -0.2) is 0 Å². The van der Waals surface area contributed by atoms with Crippen molar-refractivity contribution in [3.05, 3.63) is 71.8 Å². The molecule has 0 radical (unpaired) electrons. The van der Waals surface area contributed by atoms with Crippen LogP contribution in [-0.4, -0.2) is 36.0 Å². The molecule has 0 saturated heterocycles. The third-order valence-electron chi connectivity index (χ3n) is 5.65. The Morgan fingerprint density at radius 3 is 1.77 bits per heavy atom. The zero-order valence-electron chi connectivity index (χ0n) is 19.9. The highest BCUT2D eigenvalue weighted by molar-refractivity contribution is 5.15. The summed E-state index contributed by atoms with van der Waals surface area (Å²) < 4.78 is 0. The predicted octanol–water partition coefficient (Wildman–Crippen LogP) is 6.86. The van der Waals surface area contributed by atoms with E-state index in [0.29, 0.717) is 5.92 Å². The second-order valence-corrected chi connectivity index (χ2v) is 9.44. The molecule has 0 spiro atoms. The fourth-order valence-electron chi connectivity index (χ4n) is 4.35. The second-order valence-electron chi connectivity index (χ2n) is 9.44. The Kier molecular flexibility index (Phi) is 11.8. The van der Waals surface area contributed by atoms with Gasteiger partial charge in [-0.1, -0.05) is 94.8 Å². The van der Waals surface area contributed by atoms with Crippen molar-refractivity contribution in [2.24, 2.45) is 11.8 Å². The Balaban J connectivity index is 1.73. The average Bonchev–Trinajstić information content (AvgIpc) is 2.72. The Hall–Kier alpha value is -1.64. The highest BCUT2D eigenvalue weighted by Gasteiger charge is 2.13. The summed E-state index contributed by atoms with van der Waals surface area (Å²) in [4.78, 5) is 5.28. The lowest BCUT2D eigenvalue weighted by Crippen LogP contribution is -2.31. The first-order chi connectivity index (χ1) is 14.6. The molecule has 1 atom stereocenters. The molecule has 0 aromatic heterocycles. The lowest BCUT2D eigenvalue weighted by Gasteiger charge is -2.28. The molecule has 30 heavy (non-hydrogen) atoms. The molecule has 0 amide bonds. The van der Waals surface area contributed by atoms with E-state index in [9.17, 15) is 0 Å². The lowest BCUT2D eigenvalue weighted by atomic mass is 10.0. The van der Waals surface area contributed by atoms with Gasteiger partial charge in [0.2, 0.25) is 0 Å². The lowest BCUT2D eigenvalue weighted by molar-refractivity contribution is 0.197. The molecule has 1 unspecified atom stereocenters. The van der Waals surface area contributed by atoms with Crippen LogP contribution >= 0.6 is 0 Å². The zero-order chi connectivity index (χ0) is 21.6. The molecule has 0 aliphatic heterocycles. The van der Waals surface area contributed by atoms with E-state index in [-0.39, 0.29) is 0 Å². The van der Waals surface area contributed by atoms with E-state index in [2.05, 4.69) is 98.2 Å². The van der Waals surface area contributed by atoms with E-state index in [4.69, 9.17) is 0 Å². The Morgan fingerprint density at radius 2 is 1.23 bits per heavy atom. The van der Waals surface area contributed by atoms with Gasteiger partial charge in [-0.2, -0.15) is 0 Å². The first-order valence-electron chi connectivity index (χ1n) is 12.1. The van der Waals surface area contributed by atoms with Gasteiger partial charge in [-0.3, -0.25) is 9.80 Å². The molecular weight excluding hydrogens is 364 g/mol. The maximum absolute atomic E-state index is 2.66. The molecule has 2 rings (SSSR count). The minimum Gasteiger partial charge on any atom is -0.299 e. The van der Waals surface area contributed by atoms with Crippen LogP contribution in [0, 0.1) is 11.8 Å². The van der Waals surface area contributed by atoms with Crippen molar-refractivity contribution >= 4 is 0 Å². The SMILES string of the molecule is CCCN(CCCCC(C)CN(Cc1ccccc1)CC(C)C)Cc1ccccc1. The van der Waals surface area contributed by atoms with Crippen LogP contribution in [0.15, 0.2) is 60.7 Å². The molecule has 2 heteroatoms. The quantitative estimate of drug-likeness (QED) is 0.297. The Bertz CT molecular complexity index is 653. The molecule has 0 bridgehead atoms. The molecule has 2 nitrogen and oxygen atoms in total. The molecule has 0 saturated carbocycles. The second kappa shape index (κ2) is 14.4. The van der Waals surface area contributed by atoms with Crippen LogP contribution in [0.2, 0.25) is 0 Å². The molecule has 0 heterocycles. The van der Waals surface area contributed by atoms with E-state index >= 15 is 0 Å². The first-order valence-corrected chi connectivity index (χ1v) is 12.1. The third kappa shape index (κ3) is 10.4. The highest BCUT2D eigenvalue weighted by Crippen LogP contribution is 2.15. The number of hydrogen-bond acceptors (Lipinski definition) is 2. The van der Waals surface area contributed by atoms with Gasteiger partial charge in [0.25, 0.3) is 0 Å². The number of unbranched alkanes of at least 4 members (excludes halogenated alkanes) is 1. The van der Waals surface area contributed by atoms with Crippen molar-refractivity contribution in [1.29, 1.82) is 0 Å². The minimum atomic E-state index is 0.710. The van der Waals surface area contributed by atoms with E-state index in [1.807, 2.05) is 0 Å². The summed E-state index contributed by atoms with van der Waals surface area (Å²) in [5.74, 6) is 1.46. The summed E-state index contributed by atoms with van der Waals surface area (Å²) in [5.41, 5.74) is 2.87. The van der Waals surface area contributed by atoms with Gasteiger partial charge >= 0.3 is 0 Å². The van der Waals surface area contributed by atoms with E-state index < -0.39 is 0 Å². The number of rotatable bonds is 15. The van der Waals surface area contributed by atoms with Crippen LogP contribution in [0.4, 0.5) is 0 Å². The number of hydrogen-bond donors (Lipinski definition) is 0. The van der Waals surface area contributed by atoms with Crippen molar-refractivity contribution in [2.75, 3.05) is 26.2 Å². The first kappa shape index (κ1) is 24.6. The Morgan fingerprint density at radius 1 is 0.667 bits per heavy atom. The molecule has 0 aliphatic carbocycles. The maximum atomic E-state index is 2.66. The zero-order valence-corrected chi connectivity index (χ0v) is 19.9. The van der Waals surface area contributed by atoms with Crippen molar-refractivity contribution in [3.8, 4) is 0 Å². The fraction of sp³-hybridized carbons (Fsp3) is 0.571. The fourth-order valence-corrected chi connectivity index (χ4v) is 4.35. The minimum absolute atomic E-state index is 0.710. The molecule has 166 valence electrons. The summed E-state index contributed by atoms with van der Waals surface area (Å²) >= 11 is 0. The van der Waals surface area contributed by atoms with E-state index in [0.717, 1.165) is 19.0 Å².